The van der Waals surface area contributed by atoms with Crippen LogP contribution in [0.4, 0.5) is 0 Å². The monoisotopic (exact) mass is 1100 g/mol. The molecule has 20 N–H and O–H groups in total. The van der Waals surface area contributed by atoms with E-state index in [0.29, 0.717) is 6.42 Å². The summed E-state index contributed by atoms with van der Waals surface area (Å²) in [4.78, 5) is 138. The molecule has 11 atom stereocenters. The van der Waals surface area contributed by atoms with Crippen LogP contribution in [0.2, 0.25) is 0 Å². The minimum atomic E-state index is -1.65. The number of unbranched alkanes of at least 4 members (excludes halogenated alkanes) is 7. The standard InChI is InChI=1S/C51H96N14O12/c1-8-9-10-11-12-13-14-15-16-40(68)64-42(32(7)67)51(77)61-35(19-24-54)44(70)60-37-21-26-56-50(76)41(31(6)66)65-47(73)36(20-25-55)58-43(69)33(17-22-52)59-48(74)38(27-29(2)3)63-49(75)39(28-30(4)5)62-45(71)34(18-23-53)57-46(37)72/h29-39,41-42,66-67H,8-28,52-55H2,1-7H3,(H,56,76)(H,57,72)(H,58,69)(H,59,74)(H,60,70)(H,61,77)(H,62,71)(H,63,75)(H,64,68)(H,65,73)/t31-,32-,33+,34+,35+,36+,37+,38+,39-,41+,42+/m1/s1. The van der Waals surface area contributed by atoms with E-state index >= 15 is 0 Å². The number of aliphatic hydroxyl groups is 2. The van der Waals surface area contributed by atoms with Crippen LogP contribution in [-0.4, -0.2) is 169 Å². The number of carbonyl (C=O) groups is 10. The summed E-state index contributed by atoms with van der Waals surface area (Å²) in [6.07, 6.45) is 4.27. The van der Waals surface area contributed by atoms with Gasteiger partial charge in [-0.15, -0.1) is 0 Å². The summed E-state index contributed by atoms with van der Waals surface area (Å²) in [6, 6.07) is -12.8. The lowest BCUT2D eigenvalue weighted by Gasteiger charge is -2.29. The van der Waals surface area contributed by atoms with E-state index in [1.54, 1.807) is 27.7 Å². The third-order valence-electron chi connectivity index (χ3n) is 12.8. The summed E-state index contributed by atoms with van der Waals surface area (Å²) < 4.78 is 0. The summed E-state index contributed by atoms with van der Waals surface area (Å²) in [6.45, 7) is 10.9. The number of aliphatic hydroxyl groups excluding tert-OH is 2. The van der Waals surface area contributed by atoms with Crippen LogP contribution in [0, 0.1) is 11.8 Å². The minimum absolute atomic E-state index is 0.0681. The lowest BCUT2D eigenvalue weighted by molar-refractivity contribution is -0.136. The summed E-state index contributed by atoms with van der Waals surface area (Å²) in [5.74, 6) is -8.78. The number of nitrogens with two attached hydrogens (primary N) is 4. The zero-order chi connectivity index (χ0) is 58.2. The molecule has 0 unspecified atom stereocenters. The highest BCUT2D eigenvalue weighted by Gasteiger charge is 2.37. The van der Waals surface area contributed by atoms with Crippen molar-refractivity contribution in [3.05, 3.63) is 0 Å². The molecule has 10 amide bonds. The Kier molecular flexibility index (Phi) is 34.4. The van der Waals surface area contributed by atoms with Crippen molar-refractivity contribution in [1.29, 1.82) is 0 Å². The van der Waals surface area contributed by atoms with Crippen LogP contribution in [0.5, 0.6) is 0 Å². The molecule has 0 aromatic heterocycles. The first-order valence-electron chi connectivity index (χ1n) is 27.6. The molecular formula is C51H96N14O12. The van der Waals surface area contributed by atoms with Crippen molar-refractivity contribution in [2.75, 3.05) is 32.7 Å². The normalized spacial score (nSPS) is 23.4. The summed E-state index contributed by atoms with van der Waals surface area (Å²) in [5.41, 5.74) is 23.4. The second-order valence-electron chi connectivity index (χ2n) is 20.8. The number of amides is 10. The largest absolute Gasteiger partial charge is 0.391 e. The third-order valence-corrected chi connectivity index (χ3v) is 12.8. The smallest absolute Gasteiger partial charge is 0.245 e. The molecule has 26 heteroatoms. The average Bonchev–Trinajstić information content (AvgIpc) is 3.35. The second-order valence-corrected chi connectivity index (χ2v) is 20.8. The number of hydrogen-bond donors (Lipinski definition) is 16. The highest BCUT2D eigenvalue weighted by molar-refractivity contribution is 5.98. The average molecular weight is 1100 g/mol. The maximum atomic E-state index is 14.3. The molecule has 1 aliphatic heterocycles. The highest BCUT2D eigenvalue weighted by atomic mass is 16.3. The molecule has 1 heterocycles. The second kappa shape index (κ2) is 38.1. The molecule has 0 aromatic carbocycles. The van der Waals surface area contributed by atoms with Gasteiger partial charge in [0.1, 0.15) is 54.4 Å². The maximum absolute atomic E-state index is 14.3. The molecule has 0 saturated carbocycles. The van der Waals surface area contributed by atoms with Crippen LogP contribution in [0.25, 0.3) is 0 Å². The van der Waals surface area contributed by atoms with Gasteiger partial charge in [0.15, 0.2) is 0 Å². The van der Waals surface area contributed by atoms with Gasteiger partial charge in [-0.3, -0.25) is 47.9 Å². The Morgan fingerprint density at radius 3 is 1.40 bits per heavy atom. The van der Waals surface area contributed by atoms with E-state index in [-0.39, 0.29) is 83.0 Å². The Morgan fingerprint density at radius 2 is 0.974 bits per heavy atom. The molecule has 77 heavy (non-hydrogen) atoms. The summed E-state index contributed by atoms with van der Waals surface area (Å²) in [5, 5.41) is 47.0. The van der Waals surface area contributed by atoms with Crippen molar-refractivity contribution >= 4 is 59.1 Å². The Balaban J connectivity index is 3.75. The topological polar surface area (TPSA) is 436 Å². The fourth-order valence-corrected chi connectivity index (χ4v) is 8.49. The predicted molar refractivity (Wildman–Crippen MR) is 289 cm³/mol. The van der Waals surface area contributed by atoms with E-state index in [1.165, 1.54) is 20.3 Å². The third kappa shape index (κ3) is 27.1. The molecular weight excluding hydrogens is 1000 g/mol. The number of nitrogens with one attached hydrogen (secondary N) is 10. The number of hydrogen-bond acceptors (Lipinski definition) is 16. The van der Waals surface area contributed by atoms with Gasteiger partial charge in [-0.2, -0.15) is 0 Å². The molecule has 0 bridgehead atoms. The van der Waals surface area contributed by atoms with Crippen molar-refractivity contribution in [3.63, 3.8) is 0 Å². The van der Waals surface area contributed by atoms with E-state index in [2.05, 4.69) is 60.1 Å². The molecule has 1 fully saturated rings. The lowest BCUT2D eigenvalue weighted by Crippen LogP contribution is -2.61. The molecule has 0 aliphatic carbocycles. The van der Waals surface area contributed by atoms with Crippen LogP contribution in [0.1, 0.15) is 151 Å². The van der Waals surface area contributed by atoms with Crippen molar-refractivity contribution in [2.24, 2.45) is 34.8 Å². The first-order valence-corrected chi connectivity index (χ1v) is 27.6. The van der Waals surface area contributed by atoms with Crippen molar-refractivity contribution in [2.45, 2.75) is 218 Å². The van der Waals surface area contributed by atoms with Gasteiger partial charge in [0.2, 0.25) is 59.1 Å². The fourth-order valence-electron chi connectivity index (χ4n) is 8.49. The van der Waals surface area contributed by atoms with Gasteiger partial charge in [0, 0.05) is 13.0 Å². The molecule has 0 aromatic rings. The van der Waals surface area contributed by atoms with Gasteiger partial charge in [0.25, 0.3) is 0 Å². The Hall–Kier alpha value is -5.54. The molecule has 0 spiro atoms. The molecule has 26 nitrogen and oxygen atoms in total. The quantitative estimate of drug-likeness (QED) is 0.0341. The van der Waals surface area contributed by atoms with E-state index < -0.39 is 139 Å². The van der Waals surface area contributed by atoms with E-state index in [1.807, 2.05) is 0 Å². The Labute approximate surface area is 454 Å². The van der Waals surface area contributed by atoms with Crippen molar-refractivity contribution in [3.8, 4) is 0 Å². The van der Waals surface area contributed by atoms with Crippen LogP contribution < -0.4 is 76.1 Å². The van der Waals surface area contributed by atoms with Crippen LogP contribution in [0.3, 0.4) is 0 Å². The van der Waals surface area contributed by atoms with Crippen LogP contribution in [0.15, 0.2) is 0 Å². The first kappa shape index (κ1) is 69.5. The van der Waals surface area contributed by atoms with Gasteiger partial charge < -0.3 is 86.3 Å². The fraction of sp³-hybridized carbons (Fsp3) is 0.804. The van der Waals surface area contributed by atoms with Crippen LogP contribution in [-0.2, 0) is 47.9 Å². The zero-order valence-corrected chi connectivity index (χ0v) is 46.6. The predicted octanol–water partition coefficient (Wildman–Crippen LogP) is -3.35. The lowest BCUT2D eigenvalue weighted by atomic mass is 9.99. The molecule has 1 aliphatic rings. The van der Waals surface area contributed by atoms with Gasteiger partial charge in [-0.25, -0.2) is 0 Å². The Morgan fingerprint density at radius 1 is 0.545 bits per heavy atom. The van der Waals surface area contributed by atoms with E-state index in [4.69, 9.17) is 22.9 Å². The summed E-state index contributed by atoms with van der Waals surface area (Å²) in [7, 11) is 0. The molecule has 442 valence electrons. The Bertz CT molecular complexity index is 1870. The van der Waals surface area contributed by atoms with Crippen molar-refractivity contribution < 1.29 is 58.2 Å². The van der Waals surface area contributed by atoms with Gasteiger partial charge in [-0.05, 0) is 103 Å². The minimum Gasteiger partial charge on any atom is -0.391 e. The first-order chi connectivity index (χ1) is 36.4. The van der Waals surface area contributed by atoms with E-state index in [9.17, 15) is 58.2 Å². The number of rotatable bonds is 28. The highest BCUT2D eigenvalue weighted by Crippen LogP contribution is 2.13. The zero-order valence-electron chi connectivity index (χ0n) is 46.6. The summed E-state index contributed by atoms with van der Waals surface area (Å²) >= 11 is 0. The SMILES string of the molecule is CCCCCCCCCCC(=O)N[C@H](C(=O)N[C@@H](CCN)C(=O)N[C@H]1CCNC(=O)[C@H]([C@@H](C)O)NC(=O)[C@H](CCN)NC(=O)[C@H](CCN)NC(=O)[C@H](CC(C)C)NC(=O)[C@@H](CC(C)C)NC(=O)[C@H](CCN)NC1=O)[C@@H](C)O. The van der Waals surface area contributed by atoms with Crippen molar-refractivity contribution in [1.82, 2.24) is 53.2 Å². The maximum Gasteiger partial charge on any atom is 0.245 e. The van der Waals surface area contributed by atoms with E-state index in [0.717, 1.165) is 38.5 Å². The molecule has 1 rings (SSSR count). The number of carbonyl (C=O) groups excluding carboxylic acids is 10. The van der Waals surface area contributed by atoms with Crippen LogP contribution >= 0.6 is 0 Å². The molecule has 1 saturated heterocycles. The van der Waals surface area contributed by atoms with Gasteiger partial charge in [-0.1, -0.05) is 79.6 Å². The van der Waals surface area contributed by atoms with Gasteiger partial charge >= 0.3 is 0 Å². The van der Waals surface area contributed by atoms with Gasteiger partial charge in [0.05, 0.1) is 12.2 Å². The molecule has 0 radical (unpaired) electrons.